The van der Waals surface area contributed by atoms with E-state index in [9.17, 15) is 9.59 Å². The molecule has 6 nitrogen and oxygen atoms in total. The molecule has 0 radical (unpaired) electrons. The minimum atomic E-state index is -0.653. The van der Waals surface area contributed by atoms with Gasteiger partial charge in [-0.3, -0.25) is 4.79 Å². The van der Waals surface area contributed by atoms with Gasteiger partial charge in [-0.1, -0.05) is 29.3 Å². The third kappa shape index (κ3) is 4.68. The van der Waals surface area contributed by atoms with Crippen LogP contribution in [-0.4, -0.2) is 25.3 Å². The highest BCUT2D eigenvalue weighted by molar-refractivity contribution is 6.36. The molecule has 0 atom stereocenters. The van der Waals surface area contributed by atoms with E-state index in [1.165, 1.54) is 12.1 Å². The van der Waals surface area contributed by atoms with Gasteiger partial charge in [0.25, 0.3) is 5.91 Å². The van der Waals surface area contributed by atoms with E-state index in [1.54, 1.807) is 36.4 Å². The van der Waals surface area contributed by atoms with Crippen molar-refractivity contribution in [2.24, 2.45) is 0 Å². The molecule has 134 valence electrons. The van der Waals surface area contributed by atoms with Gasteiger partial charge in [0.15, 0.2) is 18.1 Å². The largest absolute Gasteiger partial charge is 0.454 e. The third-order valence-electron chi connectivity index (χ3n) is 3.36. The van der Waals surface area contributed by atoms with E-state index >= 15 is 0 Å². The number of nitrogens with one attached hydrogen (secondary N) is 1. The Labute approximate surface area is 159 Å². The van der Waals surface area contributed by atoms with Gasteiger partial charge < -0.3 is 19.5 Å². The topological polar surface area (TPSA) is 73.9 Å². The number of fused-ring (bicyclic) bond motifs is 1. The van der Waals surface area contributed by atoms with Crippen molar-refractivity contribution in [1.29, 1.82) is 0 Å². The number of anilines is 1. The van der Waals surface area contributed by atoms with Crippen LogP contribution in [0.15, 0.2) is 42.5 Å². The summed E-state index contributed by atoms with van der Waals surface area (Å²) in [5.41, 5.74) is 1.12. The molecule has 8 heteroatoms. The summed E-state index contributed by atoms with van der Waals surface area (Å²) in [6, 6.07) is 9.90. The molecule has 1 aliphatic heterocycles. The maximum atomic E-state index is 11.8. The fourth-order valence-electron chi connectivity index (χ4n) is 2.14. The van der Waals surface area contributed by atoms with Crippen LogP contribution in [0.4, 0.5) is 5.69 Å². The molecule has 0 aromatic heterocycles. The Morgan fingerprint density at radius 3 is 2.73 bits per heavy atom. The van der Waals surface area contributed by atoms with E-state index in [4.69, 9.17) is 37.4 Å². The van der Waals surface area contributed by atoms with E-state index in [0.29, 0.717) is 27.2 Å². The van der Waals surface area contributed by atoms with Crippen molar-refractivity contribution in [3.63, 3.8) is 0 Å². The van der Waals surface area contributed by atoms with E-state index in [1.807, 2.05) is 0 Å². The fourth-order valence-corrected chi connectivity index (χ4v) is 2.60. The molecule has 0 aliphatic carbocycles. The normalized spacial score (nSPS) is 12.2. The molecule has 0 bridgehead atoms. The minimum absolute atomic E-state index is 0.178. The summed E-state index contributed by atoms with van der Waals surface area (Å²) in [7, 11) is 0. The van der Waals surface area contributed by atoms with Gasteiger partial charge in [-0.05, 0) is 42.0 Å². The van der Waals surface area contributed by atoms with Gasteiger partial charge in [0.05, 0.1) is 10.7 Å². The maximum absolute atomic E-state index is 11.8. The van der Waals surface area contributed by atoms with Gasteiger partial charge in [-0.2, -0.15) is 0 Å². The quantitative estimate of drug-likeness (QED) is 0.615. The Morgan fingerprint density at radius 1 is 1.12 bits per heavy atom. The average Bonchev–Trinajstić information content (AvgIpc) is 3.08. The molecular formula is C18H13Cl2NO5. The molecule has 0 saturated carbocycles. The van der Waals surface area contributed by atoms with E-state index in [-0.39, 0.29) is 6.79 Å². The number of carbonyl (C=O) groups excluding carboxylic acids is 2. The summed E-state index contributed by atoms with van der Waals surface area (Å²) in [5.74, 6) is 0.0982. The Morgan fingerprint density at radius 2 is 1.92 bits per heavy atom. The molecule has 0 saturated heterocycles. The van der Waals surface area contributed by atoms with E-state index in [2.05, 4.69) is 5.32 Å². The summed E-state index contributed by atoms with van der Waals surface area (Å²) in [4.78, 5) is 23.6. The van der Waals surface area contributed by atoms with Crippen LogP contribution in [0, 0.1) is 0 Å². The highest BCUT2D eigenvalue weighted by atomic mass is 35.5. The number of carbonyl (C=O) groups is 2. The predicted octanol–water partition coefficient (Wildman–Crippen LogP) is 3.92. The fraction of sp³-hybridized carbons (Fsp3) is 0.111. The SMILES string of the molecule is O=C(COC(=O)/C=C/c1ccc2c(c1)OCO2)Nc1ccc(Cl)cc1Cl. The molecule has 0 unspecified atom stereocenters. The second-order valence-electron chi connectivity index (χ2n) is 5.23. The standard InChI is InChI=1S/C18H13Cl2NO5/c19-12-3-4-14(13(20)8-12)21-17(22)9-24-18(23)6-2-11-1-5-15-16(7-11)26-10-25-15/h1-8H,9-10H2,(H,21,22)/b6-2+. The molecule has 1 N–H and O–H groups in total. The van der Waals surface area contributed by atoms with Gasteiger partial charge >= 0.3 is 5.97 Å². The van der Waals surface area contributed by atoms with Crippen LogP contribution in [0.2, 0.25) is 10.0 Å². The number of esters is 1. The van der Waals surface area contributed by atoms with Crippen molar-refractivity contribution < 1.29 is 23.8 Å². The zero-order valence-electron chi connectivity index (χ0n) is 13.3. The Balaban J connectivity index is 1.49. The number of rotatable bonds is 5. The number of ether oxygens (including phenoxy) is 3. The van der Waals surface area contributed by atoms with Crippen LogP contribution < -0.4 is 14.8 Å². The van der Waals surface area contributed by atoms with Crippen LogP contribution in [0.3, 0.4) is 0 Å². The summed E-state index contributed by atoms with van der Waals surface area (Å²) in [6.45, 7) is -0.263. The third-order valence-corrected chi connectivity index (χ3v) is 3.91. The zero-order valence-corrected chi connectivity index (χ0v) is 14.8. The van der Waals surface area contributed by atoms with Crippen LogP contribution in [-0.2, 0) is 14.3 Å². The molecule has 2 aromatic carbocycles. The van der Waals surface area contributed by atoms with Gasteiger partial charge in [0, 0.05) is 11.1 Å². The summed E-state index contributed by atoms with van der Waals surface area (Å²) < 4.78 is 15.4. The monoisotopic (exact) mass is 393 g/mol. The lowest BCUT2D eigenvalue weighted by Crippen LogP contribution is -2.20. The molecule has 1 heterocycles. The second kappa shape index (κ2) is 8.12. The minimum Gasteiger partial charge on any atom is -0.454 e. The predicted molar refractivity (Wildman–Crippen MR) is 97.6 cm³/mol. The van der Waals surface area contributed by atoms with Crippen LogP contribution in [0.5, 0.6) is 11.5 Å². The lowest BCUT2D eigenvalue weighted by Gasteiger charge is -2.07. The maximum Gasteiger partial charge on any atom is 0.331 e. The van der Waals surface area contributed by atoms with Crippen LogP contribution in [0.1, 0.15) is 5.56 Å². The first-order valence-electron chi connectivity index (χ1n) is 7.50. The van der Waals surface area contributed by atoms with E-state index < -0.39 is 18.5 Å². The molecule has 1 aliphatic rings. The van der Waals surface area contributed by atoms with E-state index in [0.717, 1.165) is 5.56 Å². The number of hydrogen-bond acceptors (Lipinski definition) is 5. The lowest BCUT2D eigenvalue weighted by molar-refractivity contribution is -0.142. The van der Waals surface area contributed by atoms with Gasteiger partial charge in [-0.25, -0.2) is 4.79 Å². The lowest BCUT2D eigenvalue weighted by atomic mass is 10.2. The Kier molecular flexibility index (Phi) is 5.65. The smallest absolute Gasteiger partial charge is 0.331 e. The highest BCUT2D eigenvalue weighted by Gasteiger charge is 2.12. The molecule has 1 amide bonds. The van der Waals surface area contributed by atoms with Crippen LogP contribution in [0.25, 0.3) is 6.08 Å². The van der Waals surface area contributed by atoms with Crippen molar-refractivity contribution in [3.8, 4) is 11.5 Å². The first-order valence-corrected chi connectivity index (χ1v) is 8.26. The summed E-state index contributed by atoms with van der Waals surface area (Å²) >= 11 is 11.7. The molecule has 2 aromatic rings. The Hall–Kier alpha value is -2.70. The number of benzene rings is 2. The number of hydrogen-bond donors (Lipinski definition) is 1. The molecule has 0 fully saturated rings. The number of halogens is 2. The van der Waals surface area contributed by atoms with Crippen molar-refractivity contribution in [2.45, 2.75) is 0 Å². The number of amides is 1. The first-order chi connectivity index (χ1) is 12.5. The van der Waals surface area contributed by atoms with Gasteiger partial charge in [-0.15, -0.1) is 0 Å². The van der Waals surface area contributed by atoms with Gasteiger partial charge in [0.1, 0.15) is 0 Å². The summed E-state index contributed by atoms with van der Waals surface area (Å²) in [6.07, 6.45) is 2.78. The van der Waals surface area contributed by atoms with Crippen molar-refractivity contribution in [3.05, 3.63) is 58.1 Å². The van der Waals surface area contributed by atoms with Crippen molar-refractivity contribution in [1.82, 2.24) is 0 Å². The Bertz CT molecular complexity index is 882. The van der Waals surface area contributed by atoms with Crippen molar-refractivity contribution >= 4 is 46.8 Å². The van der Waals surface area contributed by atoms with Crippen LogP contribution >= 0.6 is 23.2 Å². The molecule has 3 rings (SSSR count). The average molecular weight is 394 g/mol. The zero-order chi connectivity index (χ0) is 18.5. The molecular weight excluding hydrogens is 381 g/mol. The molecule has 26 heavy (non-hydrogen) atoms. The summed E-state index contributed by atoms with van der Waals surface area (Å²) in [5, 5.41) is 3.28. The highest BCUT2D eigenvalue weighted by Crippen LogP contribution is 2.32. The second-order valence-corrected chi connectivity index (χ2v) is 6.07. The molecule has 0 spiro atoms. The van der Waals surface area contributed by atoms with Gasteiger partial charge in [0.2, 0.25) is 6.79 Å². The first kappa shape index (κ1) is 18.1. The van der Waals surface area contributed by atoms with Crippen molar-refractivity contribution in [2.75, 3.05) is 18.7 Å².